The molecule has 1 atom stereocenters. The van der Waals surface area contributed by atoms with E-state index in [0.717, 1.165) is 10.6 Å². The summed E-state index contributed by atoms with van der Waals surface area (Å²) in [6.07, 6.45) is 0.0846. The van der Waals surface area contributed by atoms with Crippen LogP contribution in [0.5, 0.6) is 5.75 Å². The predicted octanol–water partition coefficient (Wildman–Crippen LogP) is 3.39. The van der Waals surface area contributed by atoms with E-state index in [1.807, 2.05) is 31.4 Å². The van der Waals surface area contributed by atoms with Crippen molar-refractivity contribution in [1.82, 2.24) is 5.32 Å². The molecule has 4 nitrogen and oxygen atoms in total. The van der Waals surface area contributed by atoms with Crippen molar-refractivity contribution >= 4 is 17.2 Å². The highest BCUT2D eigenvalue weighted by Gasteiger charge is 2.10. The molecular formula is C17H21NO3S. The fourth-order valence-corrected chi connectivity index (χ4v) is 2.75. The molecule has 0 saturated carbocycles. The average molecular weight is 319 g/mol. The van der Waals surface area contributed by atoms with Crippen LogP contribution in [0.4, 0.5) is 0 Å². The highest BCUT2D eigenvalue weighted by atomic mass is 32.1. The van der Waals surface area contributed by atoms with Crippen LogP contribution in [0.2, 0.25) is 0 Å². The first kappa shape index (κ1) is 16.5. The summed E-state index contributed by atoms with van der Waals surface area (Å²) in [4.78, 5) is 12.9. The Hall–Kier alpha value is -1.85. The highest BCUT2D eigenvalue weighted by Crippen LogP contribution is 2.21. The van der Waals surface area contributed by atoms with Gasteiger partial charge in [0.2, 0.25) is 0 Å². The molecule has 0 aliphatic carbocycles. The van der Waals surface area contributed by atoms with Gasteiger partial charge < -0.3 is 15.2 Å². The van der Waals surface area contributed by atoms with E-state index in [2.05, 4.69) is 5.32 Å². The summed E-state index contributed by atoms with van der Waals surface area (Å²) in [5.74, 6) is 0.606. The number of ether oxygens (including phenoxy) is 1. The number of hydrogen-bond acceptors (Lipinski definition) is 4. The van der Waals surface area contributed by atoms with E-state index in [4.69, 9.17) is 4.74 Å². The first-order valence-electron chi connectivity index (χ1n) is 7.32. The van der Waals surface area contributed by atoms with Gasteiger partial charge >= 0.3 is 0 Å². The van der Waals surface area contributed by atoms with Crippen molar-refractivity contribution in [3.8, 4) is 5.75 Å². The normalized spacial score (nSPS) is 12.2. The fraction of sp³-hybridized carbons (Fsp3) is 0.353. The SMILES string of the molecule is CC(C)Oc1ccc(C(=O)NCCC(O)c2cccs2)cc1. The molecule has 5 heteroatoms. The zero-order chi connectivity index (χ0) is 15.9. The number of rotatable bonds is 7. The maximum absolute atomic E-state index is 12.0. The average Bonchev–Trinajstić information content (AvgIpc) is 3.01. The monoisotopic (exact) mass is 319 g/mol. The van der Waals surface area contributed by atoms with Crippen molar-refractivity contribution in [1.29, 1.82) is 0 Å². The minimum absolute atomic E-state index is 0.110. The van der Waals surface area contributed by atoms with Crippen LogP contribution in [0.3, 0.4) is 0 Å². The van der Waals surface area contributed by atoms with Crippen molar-refractivity contribution in [2.45, 2.75) is 32.5 Å². The summed E-state index contributed by atoms with van der Waals surface area (Å²) in [6, 6.07) is 10.9. The van der Waals surface area contributed by atoms with Crippen LogP contribution < -0.4 is 10.1 Å². The van der Waals surface area contributed by atoms with Gasteiger partial charge in [-0.05, 0) is 56.0 Å². The predicted molar refractivity (Wildman–Crippen MR) is 88.4 cm³/mol. The quantitative estimate of drug-likeness (QED) is 0.822. The van der Waals surface area contributed by atoms with Gasteiger partial charge in [0.15, 0.2) is 0 Å². The number of amides is 1. The molecule has 22 heavy (non-hydrogen) atoms. The Labute approximate surface area is 134 Å². The van der Waals surface area contributed by atoms with E-state index in [1.54, 1.807) is 24.3 Å². The summed E-state index contributed by atoms with van der Waals surface area (Å²) in [7, 11) is 0. The van der Waals surface area contributed by atoms with Crippen molar-refractivity contribution in [2.75, 3.05) is 6.54 Å². The summed E-state index contributed by atoms with van der Waals surface area (Å²) in [6.45, 7) is 4.35. The maximum atomic E-state index is 12.0. The molecule has 1 unspecified atom stereocenters. The van der Waals surface area contributed by atoms with Gasteiger partial charge in [-0.25, -0.2) is 0 Å². The van der Waals surface area contributed by atoms with E-state index in [-0.39, 0.29) is 12.0 Å². The number of hydrogen-bond donors (Lipinski definition) is 2. The Morgan fingerprint density at radius 2 is 2.00 bits per heavy atom. The molecule has 2 rings (SSSR count). The Kier molecular flexibility index (Phi) is 5.98. The molecule has 118 valence electrons. The van der Waals surface area contributed by atoms with Crippen LogP contribution in [-0.4, -0.2) is 23.7 Å². The molecule has 0 aliphatic rings. The lowest BCUT2D eigenvalue weighted by atomic mass is 10.2. The van der Waals surface area contributed by atoms with E-state index < -0.39 is 6.10 Å². The van der Waals surface area contributed by atoms with Gasteiger partial charge in [0.1, 0.15) is 5.75 Å². The second-order valence-corrected chi connectivity index (χ2v) is 6.25. The Morgan fingerprint density at radius 1 is 1.27 bits per heavy atom. The maximum Gasteiger partial charge on any atom is 0.251 e. The molecule has 1 aromatic carbocycles. The molecule has 1 amide bonds. The lowest BCUT2D eigenvalue weighted by Crippen LogP contribution is -2.25. The Morgan fingerprint density at radius 3 is 2.59 bits per heavy atom. The minimum Gasteiger partial charge on any atom is -0.491 e. The third-order valence-electron chi connectivity index (χ3n) is 3.06. The fourth-order valence-electron chi connectivity index (χ4n) is 2.00. The van der Waals surface area contributed by atoms with Gasteiger partial charge in [-0.1, -0.05) is 6.07 Å². The molecule has 0 aliphatic heterocycles. The largest absolute Gasteiger partial charge is 0.491 e. The lowest BCUT2D eigenvalue weighted by Gasteiger charge is -2.11. The summed E-state index contributed by atoms with van der Waals surface area (Å²) in [5, 5.41) is 14.7. The number of nitrogens with one attached hydrogen (secondary N) is 1. The van der Waals surface area contributed by atoms with Crippen LogP contribution in [0.25, 0.3) is 0 Å². The van der Waals surface area contributed by atoms with Gasteiger partial charge in [0.05, 0.1) is 12.2 Å². The van der Waals surface area contributed by atoms with Crippen molar-refractivity contribution in [3.05, 3.63) is 52.2 Å². The number of benzene rings is 1. The molecule has 0 bridgehead atoms. The molecule has 0 radical (unpaired) electrons. The van der Waals surface area contributed by atoms with Crippen molar-refractivity contribution in [2.24, 2.45) is 0 Å². The second kappa shape index (κ2) is 7.96. The van der Waals surface area contributed by atoms with E-state index >= 15 is 0 Å². The molecule has 0 saturated heterocycles. The molecule has 1 heterocycles. The Bertz CT molecular complexity index is 578. The zero-order valence-electron chi connectivity index (χ0n) is 12.8. The van der Waals surface area contributed by atoms with Gasteiger partial charge in [-0.15, -0.1) is 11.3 Å². The number of carbonyl (C=O) groups is 1. The van der Waals surface area contributed by atoms with Gasteiger partial charge in [-0.3, -0.25) is 4.79 Å². The Balaban J connectivity index is 1.79. The topological polar surface area (TPSA) is 58.6 Å². The van der Waals surface area contributed by atoms with Gasteiger partial charge in [-0.2, -0.15) is 0 Å². The number of thiophene rings is 1. The van der Waals surface area contributed by atoms with E-state index in [1.165, 1.54) is 11.3 Å². The molecule has 2 aromatic rings. The third-order valence-corrected chi connectivity index (χ3v) is 4.04. The van der Waals surface area contributed by atoms with E-state index in [9.17, 15) is 9.90 Å². The summed E-state index contributed by atoms with van der Waals surface area (Å²) >= 11 is 1.52. The standard InChI is InChI=1S/C17H21NO3S/c1-12(2)21-14-7-5-13(6-8-14)17(20)18-10-9-15(19)16-4-3-11-22-16/h3-8,11-12,15,19H,9-10H2,1-2H3,(H,18,20). The molecule has 1 aromatic heterocycles. The molecule has 2 N–H and O–H groups in total. The lowest BCUT2D eigenvalue weighted by molar-refractivity contribution is 0.0943. The van der Waals surface area contributed by atoms with Gasteiger partial charge in [0.25, 0.3) is 5.91 Å². The summed E-state index contributed by atoms with van der Waals surface area (Å²) in [5.41, 5.74) is 0.585. The number of aliphatic hydroxyl groups excluding tert-OH is 1. The second-order valence-electron chi connectivity index (χ2n) is 5.27. The van der Waals surface area contributed by atoms with Gasteiger partial charge in [0, 0.05) is 17.0 Å². The van der Waals surface area contributed by atoms with Crippen molar-refractivity contribution in [3.63, 3.8) is 0 Å². The van der Waals surface area contributed by atoms with Crippen molar-refractivity contribution < 1.29 is 14.6 Å². The highest BCUT2D eigenvalue weighted by molar-refractivity contribution is 7.10. The summed E-state index contributed by atoms with van der Waals surface area (Å²) < 4.78 is 5.54. The smallest absolute Gasteiger partial charge is 0.251 e. The minimum atomic E-state index is -0.526. The number of aliphatic hydroxyl groups is 1. The van der Waals surface area contributed by atoms with E-state index in [0.29, 0.717) is 18.5 Å². The molecular weight excluding hydrogens is 298 g/mol. The van der Waals surface area contributed by atoms with Crippen LogP contribution in [-0.2, 0) is 0 Å². The molecule has 0 spiro atoms. The molecule has 0 fully saturated rings. The zero-order valence-corrected chi connectivity index (χ0v) is 13.6. The van der Waals surface area contributed by atoms with Crippen LogP contribution in [0.1, 0.15) is 41.6 Å². The third kappa shape index (κ3) is 4.86. The van der Waals surface area contributed by atoms with Crippen LogP contribution in [0, 0.1) is 0 Å². The van der Waals surface area contributed by atoms with Crippen LogP contribution in [0.15, 0.2) is 41.8 Å². The first-order chi connectivity index (χ1) is 10.6. The number of carbonyl (C=O) groups excluding carboxylic acids is 1. The van der Waals surface area contributed by atoms with Crippen LogP contribution >= 0.6 is 11.3 Å². The first-order valence-corrected chi connectivity index (χ1v) is 8.20.